The van der Waals surface area contributed by atoms with E-state index in [0.717, 1.165) is 12.4 Å². The molecular weight excluding hydrogens is 266 g/mol. The first-order valence-electron chi connectivity index (χ1n) is 6.59. The Morgan fingerprint density at radius 1 is 1.47 bits per heavy atom. The van der Waals surface area contributed by atoms with Crippen LogP contribution in [0, 0.1) is 0 Å². The van der Waals surface area contributed by atoms with E-state index in [4.69, 9.17) is 21.1 Å². The molecule has 2 atom stereocenters. The fourth-order valence-electron chi connectivity index (χ4n) is 2.08. The summed E-state index contributed by atoms with van der Waals surface area (Å²) in [5.74, 6) is 1.47. The van der Waals surface area contributed by atoms with E-state index in [0.29, 0.717) is 30.8 Å². The van der Waals surface area contributed by atoms with Gasteiger partial charge in [0.25, 0.3) is 0 Å². The summed E-state index contributed by atoms with van der Waals surface area (Å²) in [7, 11) is 0. The fourth-order valence-corrected chi connectivity index (χ4v) is 2.27. The van der Waals surface area contributed by atoms with Gasteiger partial charge in [-0.15, -0.1) is 0 Å². The molecule has 0 aliphatic carbocycles. The first kappa shape index (κ1) is 14.5. The Labute approximate surface area is 118 Å². The number of anilines is 1. The van der Waals surface area contributed by atoms with Crippen LogP contribution in [0.15, 0.2) is 6.07 Å². The van der Waals surface area contributed by atoms with Crippen LogP contribution in [-0.4, -0.2) is 41.9 Å². The Hall–Kier alpha value is -0.910. The molecule has 1 fully saturated rings. The van der Waals surface area contributed by atoms with Crippen molar-refractivity contribution in [3.63, 3.8) is 0 Å². The lowest BCUT2D eigenvalue weighted by molar-refractivity contribution is 0.0340. The van der Waals surface area contributed by atoms with Crippen molar-refractivity contribution in [1.29, 1.82) is 0 Å². The summed E-state index contributed by atoms with van der Waals surface area (Å²) in [4.78, 5) is 10.9. The Balaban J connectivity index is 2.20. The highest BCUT2D eigenvalue weighted by Crippen LogP contribution is 2.22. The number of halogens is 1. The quantitative estimate of drug-likeness (QED) is 0.794. The molecule has 0 saturated carbocycles. The molecule has 1 saturated heterocycles. The number of aromatic nitrogens is 2. The first-order chi connectivity index (χ1) is 9.10. The van der Waals surface area contributed by atoms with Crippen molar-refractivity contribution in [1.82, 2.24) is 9.97 Å². The summed E-state index contributed by atoms with van der Waals surface area (Å²) in [5.41, 5.74) is 0. The summed E-state index contributed by atoms with van der Waals surface area (Å²) in [6, 6.07) is 2.08. The maximum absolute atomic E-state index is 6.07. The van der Waals surface area contributed by atoms with Gasteiger partial charge in [-0.3, -0.25) is 0 Å². The molecule has 1 aliphatic rings. The van der Waals surface area contributed by atoms with E-state index in [1.54, 1.807) is 6.07 Å². The molecule has 6 heteroatoms. The first-order valence-corrected chi connectivity index (χ1v) is 6.97. The maximum atomic E-state index is 6.07. The van der Waals surface area contributed by atoms with Crippen LogP contribution in [0.5, 0.6) is 0 Å². The molecule has 0 radical (unpaired) electrons. The summed E-state index contributed by atoms with van der Waals surface area (Å²) in [6.07, 6.45) is 0.195. The van der Waals surface area contributed by atoms with Crippen molar-refractivity contribution < 1.29 is 9.47 Å². The molecule has 5 nitrogen and oxygen atoms in total. The Kier molecular flexibility index (Phi) is 4.96. The Bertz CT molecular complexity index is 430. The minimum atomic E-state index is 0.195. The minimum absolute atomic E-state index is 0.195. The van der Waals surface area contributed by atoms with E-state index < -0.39 is 0 Å². The fraction of sp³-hybridized carbons (Fsp3) is 0.692. The molecule has 2 rings (SSSR count). The SMILES string of the molecule is CCOCc1nc(Cl)cc(N2CC(C)OCC2C)n1. The highest BCUT2D eigenvalue weighted by atomic mass is 35.5. The molecule has 2 unspecified atom stereocenters. The number of ether oxygens (including phenoxy) is 2. The van der Waals surface area contributed by atoms with Crippen molar-refractivity contribution in [3.05, 3.63) is 17.0 Å². The number of hydrogen-bond acceptors (Lipinski definition) is 5. The van der Waals surface area contributed by atoms with Gasteiger partial charge in [-0.2, -0.15) is 0 Å². The van der Waals surface area contributed by atoms with Crippen molar-refractivity contribution >= 4 is 17.4 Å². The monoisotopic (exact) mass is 285 g/mol. The summed E-state index contributed by atoms with van der Waals surface area (Å²) >= 11 is 6.07. The van der Waals surface area contributed by atoms with Gasteiger partial charge in [0.15, 0.2) is 5.82 Å². The van der Waals surface area contributed by atoms with Crippen LogP contribution in [0.4, 0.5) is 5.82 Å². The molecular formula is C13H20ClN3O2. The van der Waals surface area contributed by atoms with Gasteiger partial charge >= 0.3 is 0 Å². The third-order valence-electron chi connectivity index (χ3n) is 3.07. The number of rotatable bonds is 4. The van der Waals surface area contributed by atoms with Gasteiger partial charge in [-0.1, -0.05) is 11.6 Å². The molecule has 2 heterocycles. The zero-order valence-electron chi connectivity index (χ0n) is 11.6. The summed E-state index contributed by atoms with van der Waals surface area (Å²) < 4.78 is 11.0. The van der Waals surface area contributed by atoms with Crippen LogP contribution >= 0.6 is 11.6 Å². The lowest BCUT2D eigenvalue weighted by Gasteiger charge is -2.37. The average molecular weight is 286 g/mol. The topological polar surface area (TPSA) is 47.5 Å². The largest absolute Gasteiger partial charge is 0.375 e. The summed E-state index contributed by atoms with van der Waals surface area (Å²) in [5, 5.41) is 0.450. The molecule has 0 N–H and O–H groups in total. The van der Waals surface area contributed by atoms with Crippen LogP contribution in [-0.2, 0) is 16.1 Å². The van der Waals surface area contributed by atoms with E-state index in [1.165, 1.54) is 0 Å². The van der Waals surface area contributed by atoms with Crippen LogP contribution in [0.3, 0.4) is 0 Å². The standard InChI is InChI=1S/C13H20ClN3O2/c1-4-18-8-12-15-11(14)5-13(16-12)17-6-10(3)19-7-9(17)2/h5,9-10H,4,6-8H2,1-3H3. The molecule has 1 aromatic heterocycles. The lowest BCUT2D eigenvalue weighted by atomic mass is 10.2. The third kappa shape index (κ3) is 3.78. The zero-order chi connectivity index (χ0) is 13.8. The zero-order valence-corrected chi connectivity index (χ0v) is 12.4. The predicted molar refractivity (Wildman–Crippen MR) is 74.6 cm³/mol. The Morgan fingerprint density at radius 3 is 3.00 bits per heavy atom. The van der Waals surface area contributed by atoms with Crippen molar-refractivity contribution in [3.8, 4) is 0 Å². The normalized spacial score (nSPS) is 23.7. The minimum Gasteiger partial charge on any atom is -0.375 e. The van der Waals surface area contributed by atoms with E-state index in [-0.39, 0.29) is 12.1 Å². The van der Waals surface area contributed by atoms with Gasteiger partial charge in [-0.05, 0) is 20.8 Å². The third-order valence-corrected chi connectivity index (χ3v) is 3.26. The van der Waals surface area contributed by atoms with Gasteiger partial charge in [0, 0.05) is 19.2 Å². The van der Waals surface area contributed by atoms with Gasteiger partial charge in [0.05, 0.1) is 18.8 Å². The number of nitrogens with zero attached hydrogens (tertiary/aromatic N) is 3. The second-order valence-corrected chi connectivity index (χ2v) is 5.13. The molecule has 106 valence electrons. The molecule has 19 heavy (non-hydrogen) atoms. The number of hydrogen-bond donors (Lipinski definition) is 0. The molecule has 0 amide bonds. The molecule has 0 aromatic carbocycles. The number of morpholine rings is 1. The molecule has 1 aromatic rings. The second-order valence-electron chi connectivity index (χ2n) is 4.75. The van der Waals surface area contributed by atoms with E-state index >= 15 is 0 Å². The van der Waals surface area contributed by atoms with E-state index in [1.807, 2.05) is 6.92 Å². The van der Waals surface area contributed by atoms with Gasteiger partial charge in [0.2, 0.25) is 0 Å². The average Bonchev–Trinajstić information content (AvgIpc) is 2.38. The second kappa shape index (κ2) is 6.50. The van der Waals surface area contributed by atoms with Crippen LogP contribution < -0.4 is 4.90 Å². The smallest absolute Gasteiger partial charge is 0.158 e. The van der Waals surface area contributed by atoms with Gasteiger partial charge in [0.1, 0.15) is 17.6 Å². The highest BCUT2D eigenvalue weighted by Gasteiger charge is 2.25. The van der Waals surface area contributed by atoms with Gasteiger partial charge < -0.3 is 14.4 Å². The van der Waals surface area contributed by atoms with Crippen molar-refractivity contribution in [2.75, 3.05) is 24.7 Å². The van der Waals surface area contributed by atoms with Crippen molar-refractivity contribution in [2.24, 2.45) is 0 Å². The molecule has 0 bridgehead atoms. The molecule has 0 spiro atoms. The van der Waals surface area contributed by atoms with Crippen molar-refractivity contribution in [2.45, 2.75) is 39.5 Å². The van der Waals surface area contributed by atoms with Crippen LogP contribution in [0.1, 0.15) is 26.6 Å². The highest BCUT2D eigenvalue weighted by molar-refractivity contribution is 6.29. The van der Waals surface area contributed by atoms with E-state index in [2.05, 4.69) is 28.7 Å². The maximum Gasteiger partial charge on any atom is 0.158 e. The Morgan fingerprint density at radius 2 is 2.26 bits per heavy atom. The lowest BCUT2D eigenvalue weighted by Crippen LogP contribution is -2.47. The predicted octanol–water partition coefficient (Wildman–Crippen LogP) is 2.28. The van der Waals surface area contributed by atoms with E-state index in [9.17, 15) is 0 Å². The van der Waals surface area contributed by atoms with Gasteiger partial charge in [-0.25, -0.2) is 9.97 Å². The van der Waals surface area contributed by atoms with Crippen LogP contribution in [0.25, 0.3) is 0 Å². The summed E-state index contributed by atoms with van der Waals surface area (Å²) in [6.45, 7) is 8.64. The molecule has 1 aliphatic heterocycles. The van der Waals surface area contributed by atoms with Crippen LogP contribution in [0.2, 0.25) is 5.15 Å².